The summed E-state index contributed by atoms with van der Waals surface area (Å²) < 4.78 is 44.1. The van der Waals surface area contributed by atoms with Crippen molar-refractivity contribution in [1.82, 2.24) is 10.2 Å². The van der Waals surface area contributed by atoms with E-state index in [1.807, 2.05) is 0 Å². The summed E-state index contributed by atoms with van der Waals surface area (Å²) in [5.74, 6) is -2.02. The van der Waals surface area contributed by atoms with Gasteiger partial charge in [-0.15, -0.1) is 11.8 Å². The molecule has 0 aliphatic heterocycles. The fourth-order valence-corrected chi connectivity index (χ4v) is 3.71. The summed E-state index contributed by atoms with van der Waals surface area (Å²) in [5.41, 5.74) is 1.61. The Labute approximate surface area is 220 Å². The fraction of sp³-hybridized carbons (Fsp3) is 0.240. The summed E-state index contributed by atoms with van der Waals surface area (Å²) in [6.45, 7) is 3.90. The van der Waals surface area contributed by atoms with Gasteiger partial charge in [0.05, 0.1) is 16.5 Å². The van der Waals surface area contributed by atoms with Crippen molar-refractivity contribution >= 4 is 46.0 Å². The summed E-state index contributed by atoms with van der Waals surface area (Å²) in [6.07, 6.45) is -3.14. The number of ether oxygens (including phenoxy) is 1. The second kappa shape index (κ2) is 12.4. The number of halogens is 3. The largest absolute Gasteiger partial charge is 0.430 e. The number of anilines is 2. The molecule has 0 spiro atoms. The molecule has 0 fully saturated rings. The molecule has 1 aromatic heterocycles. The Hall–Kier alpha value is -4.13. The third-order valence-corrected chi connectivity index (χ3v) is 5.82. The quantitative estimate of drug-likeness (QED) is 0.219. The number of thioether (sulfide) groups is 1. The number of carbonyl (C=O) groups is 3. The van der Waals surface area contributed by atoms with Gasteiger partial charge < -0.3 is 15.4 Å². The van der Waals surface area contributed by atoms with E-state index in [4.69, 9.17) is 0 Å². The lowest BCUT2D eigenvalue weighted by molar-refractivity contribution is -0.160. The van der Waals surface area contributed by atoms with Crippen molar-refractivity contribution in [2.75, 3.05) is 16.4 Å². The third kappa shape index (κ3) is 8.47. The predicted molar refractivity (Wildman–Crippen MR) is 140 cm³/mol. The molecule has 1 heterocycles. The van der Waals surface area contributed by atoms with Gasteiger partial charge in [-0.1, -0.05) is 19.1 Å². The van der Waals surface area contributed by atoms with Gasteiger partial charge in [-0.25, -0.2) is 9.18 Å². The van der Waals surface area contributed by atoms with Gasteiger partial charge in [0.25, 0.3) is 5.91 Å². The van der Waals surface area contributed by atoms with Crippen molar-refractivity contribution in [3.63, 3.8) is 0 Å². The number of amides is 3. The Morgan fingerprint density at radius 2 is 1.82 bits per heavy atom. The molecule has 3 aromatic rings. The molecule has 0 aliphatic carbocycles. The molecule has 38 heavy (non-hydrogen) atoms. The number of aromatic amines is 1. The number of benzene rings is 2. The highest BCUT2D eigenvalue weighted by Gasteiger charge is 2.25. The third-order valence-electron chi connectivity index (χ3n) is 4.85. The molecular formula is C25H24F3N5O4S. The lowest BCUT2D eigenvalue weighted by Gasteiger charge is -2.13. The SMILES string of the molecule is CCC(=O)CS/C(C)=N\C(=O)Nc1ccc(-c2cc(NC(=O)c3ccc(OC(C)(F)F)c(F)c3)n[nH]2)cc1. The fourth-order valence-electron chi connectivity index (χ4n) is 2.99. The first-order chi connectivity index (χ1) is 17.9. The van der Waals surface area contributed by atoms with Crippen LogP contribution >= 0.6 is 11.8 Å². The number of aliphatic imine (C=N–C) groups is 1. The maximum atomic E-state index is 14.0. The van der Waals surface area contributed by atoms with Crippen LogP contribution in [0.3, 0.4) is 0 Å². The molecule has 0 radical (unpaired) electrons. The molecule has 200 valence electrons. The summed E-state index contributed by atoms with van der Waals surface area (Å²) in [7, 11) is 0. The topological polar surface area (TPSA) is 126 Å². The monoisotopic (exact) mass is 547 g/mol. The number of H-pyrrole nitrogens is 1. The molecule has 9 nitrogen and oxygen atoms in total. The van der Waals surface area contributed by atoms with E-state index in [2.05, 4.69) is 30.6 Å². The van der Waals surface area contributed by atoms with Crippen LogP contribution in [0.5, 0.6) is 5.75 Å². The van der Waals surface area contributed by atoms with Gasteiger partial charge >= 0.3 is 12.1 Å². The molecule has 0 saturated carbocycles. The number of Topliss-reactive ketones (excluding diaryl/α,β-unsaturated/α-hetero) is 1. The van der Waals surface area contributed by atoms with E-state index < -0.39 is 29.6 Å². The molecule has 13 heteroatoms. The van der Waals surface area contributed by atoms with Crippen molar-refractivity contribution in [2.45, 2.75) is 33.3 Å². The number of urea groups is 1. The van der Waals surface area contributed by atoms with Gasteiger partial charge in [-0.2, -0.15) is 18.9 Å². The van der Waals surface area contributed by atoms with Gasteiger partial charge in [-0.05, 0) is 42.8 Å². The van der Waals surface area contributed by atoms with Gasteiger partial charge in [0, 0.05) is 30.7 Å². The van der Waals surface area contributed by atoms with Crippen molar-refractivity contribution in [2.24, 2.45) is 4.99 Å². The van der Waals surface area contributed by atoms with Crippen LogP contribution in [0.4, 0.5) is 29.5 Å². The molecule has 0 bridgehead atoms. The molecule has 2 aromatic carbocycles. The summed E-state index contributed by atoms with van der Waals surface area (Å²) in [4.78, 5) is 39.8. The molecular weight excluding hydrogens is 523 g/mol. The first kappa shape index (κ1) is 28.4. The highest BCUT2D eigenvalue weighted by atomic mass is 32.2. The second-order valence-electron chi connectivity index (χ2n) is 8.00. The van der Waals surface area contributed by atoms with Crippen LogP contribution in [0.2, 0.25) is 0 Å². The minimum absolute atomic E-state index is 0.0711. The Balaban J connectivity index is 1.59. The van der Waals surface area contributed by atoms with Crippen LogP contribution in [0.25, 0.3) is 11.3 Å². The first-order valence-electron chi connectivity index (χ1n) is 11.3. The Bertz CT molecular complexity index is 1350. The zero-order valence-electron chi connectivity index (χ0n) is 20.6. The molecule has 3 rings (SSSR count). The smallest absolute Gasteiger partial charge is 0.395 e. The van der Waals surface area contributed by atoms with Gasteiger partial charge in [0.15, 0.2) is 17.4 Å². The van der Waals surface area contributed by atoms with Crippen LogP contribution in [-0.4, -0.2) is 44.8 Å². The standard InChI is InChI=1S/C25H24F3N5O4S/c1-4-18(34)13-38-14(2)29-24(36)30-17-8-5-15(6-9-17)20-12-22(33-32-20)31-23(35)16-7-10-21(19(26)11-16)37-25(3,27)28/h5-12H,4,13H2,1-3H3,(H,30,36)(H2,31,32,33,35)/b29-14-. The van der Waals surface area contributed by atoms with Crippen molar-refractivity contribution in [3.8, 4) is 17.0 Å². The number of nitrogens with one attached hydrogen (secondary N) is 3. The molecule has 0 saturated heterocycles. The highest BCUT2D eigenvalue weighted by molar-refractivity contribution is 8.14. The van der Waals surface area contributed by atoms with Gasteiger partial charge in [0.2, 0.25) is 0 Å². The van der Waals surface area contributed by atoms with E-state index in [9.17, 15) is 27.6 Å². The minimum Gasteiger partial charge on any atom is -0.430 e. The maximum absolute atomic E-state index is 14.0. The zero-order valence-corrected chi connectivity index (χ0v) is 21.4. The van der Waals surface area contributed by atoms with Crippen molar-refractivity contribution in [3.05, 3.63) is 59.9 Å². The van der Waals surface area contributed by atoms with Crippen LogP contribution in [0.1, 0.15) is 37.6 Å². The number of ketones is 1. The average Bonchev–Trinajstić information content (AvgIpc) is 3.31. The summed E-state index contributed by atoms with van der Waals surface area (Å²) >= 11 is 1.20. The van der Waals surface area contributed by atoms with E-state index in [0.29, 0.717) is 35.3 Å². The van der Waals surface area contributed by atoms with Crippen LogP contribution < -0.4 is 15.4 Å². The van der Waals surface area contributed by atoms with Gasteiger partial charge in [0.1, 0.15) is 5.78 Å². The lowest BCUT2D eigenvalue weighted by atomic mass is 10.1. The zero-order chi connectivity index (χ0) is 27.9. The Morgan fingerprint density at radius 3 is 2.45 bits per heavy atom. The average molecular weight is 548 g/mol. The van der Waals surface area contributed by atoms with Crippen LogP contribution in [0.15, 0.2) is 53.5 Å². The highest BCUT2D eigenvalue weighted by Crippen LogP contribution is 2.26. The van der Waals surface area contributed by atoms with Crippen LogP contribution in [0, 0.1) is 5.82 Å². The predicted octanol–water partition coefficient (Wildman–Crippen LogP) is 6.12. The maximum Gasteiger partial charge on any atom is 0.395 e. The number of nitrogens with zero attached hydrogens (tertiary/aromatic N) is 2. The van der Waals surface area contributed by atoms with Crippen molar-refractivity contribution < 1.29 is 32.3 Å². The van der Waals surface area contributed by atoms with E-state index in [-0.39, 0.29) is 22.9 Å². The van der Waals surface area contributed by atoms with Gasteiger partial charge in [-0.3, -0.25) is 14.7 Å². The molecule has 3 N–H and O–H groups in total. The minimum atomic E-state index is -3.57. The van der Waals surface area contributed by atoms with Crippen molar-refractivity contribution in [1.29, 1.82) is 0 Å². The van der Waals surface area contributed by atoms with E-state index >= 15 is 0 Å². The number of aromatic nitrogens is 2. The summed E-state index contributed by atoms with van der Waals surface area (Å²) in [6, 6.07) is 10.6. The number of rotatable bonds is 9. The van der Waals surface area contributed by atoms with E-state index in [1.54, 1.807) is 44.2 Å². The van der Waals surface area contributed by atoms with E-state index in [1.165, 1.54) is 11.8 Å². The normalized spacial score (nSPS) is 11.7. The first-order valence-corrected chi connectivity index (χ1v) is 12.3. The molecule has 0 unspecified atom stereocenters. The van der Waals surface area contributed by atoms with E-state index in [0.717, 1.165) is 18.2 Å². The molecule has 3 amide bonds. The summed E-state index contributed by atoms with van der Waals surface area (Å²) in [5, 5.41) is 12.4. The number of alkyl halides is 2. The Kier molecular flexibility index (Phi) is 9.29. The lowest BCUT2D eigenvalue weighted by Crippen LogP contribution is -2.20. The second-order valence-corrected chi connectivity index (χ2v) is 9.16. The number of hydrogen-bond donors (Lipinski definition) is 3. The number of carbonyl (C=O) groups excluding carboxylic acids is 3. The Morgan fingerprint density at radius 1 is 1.11 bits per heavy atom. The molecule has 0 aliphatic rings. The molecule has 0 atom stereocenters. The number of hydrogen-bond acceptors (Lipinski definition) is 6. The van der Waals surface area contributed by atoms with Crippen LogP contribution in [-0.2, 0) is 4.79 Å².